The number of carboxylic acids is 1. The number of nitrogens with one attached hydrogen (secondary N) is 1. The van der Waals surface area contributed by atoms with Crippen LogP contribution in [0.3, 0.4) is 0 Å². The minimum absolute atomic E-state index is 0.0224. The number of carboxylic acid groups (broad SMARTS) is 1. The Balaban J connectivity index is 2.03. The van der Waals surface area contributed by atoms with Crippen molar-refractivity contribution in [3.05, 3.63) is 45.9 Å². The van der Waals surface area contributed by atoms with E-state index in [1.807, 2.05) is 39.0 Å². The summed E-state index contributed by atoms with van der Waals surface area (Å²) in [5, 5.41) is 14.7. The minimum atomic E-state index is -0.968. The molecule has 0 aliphatic rings. The highest BCUT2D eigenvalue weighted by molar-refractivity contribution is 7.10. The second-order valence-electron chi connectivity index (χ2n) is 7.05. The van der Waals surface area contributed by atoms with Crippen molar-refractivity contribution in [2.75, 3.05) is 13.7 Å². The summed E-state index contributed by atoms with van der Waals surface area (Å²) in [5.74, 6) is -1.44. The van der Waals surface area contributed by atoms with Crippen LogP contribution in [0.5, 0.6) is 5.75 Å². The Bertz CT molecular complexity index is 780. The molecule has 0 fully saturated rings. The second kappa shape index (κ2) is 8.31. The molecule has 6 nitrogen and oxygen atoms in total. The standard InChI is InChI=1S/C19H24N2O4S/c1-19(2,3)18-21-14(11-26-18)16(22)20-10-13(17(23)24)9-12-7-5-6-8-15(12)25-4/h5-8,11,13H,9-10H2,1-4H3,(H,20,22)(H,23,24). The number of hydrogen-bond donors (Lipinski definition) is 2. The Morgan fingerprint density at radius 1 is 1.31 bits per heavy atom. The molecule has 1 heterocycles. The SMILES string of the molecule is COc1ccccc1CC(CNC(=O)c1csc(C(C)(C)C)n1)C(=O)O. The van der Waals surface area contributed by atoms with Crippen molar-refractivity contribution in [2.45, 2.75) is 32.6 Å². The predicted octanol–water partition coefficient (Wildman–Crippen LogP) is 3.12. The Morgan fingerprint density at radius 2 is 2.00 bits per heavy atom. The number of nitrogens with zero attached hydrogens (tertiary/aromatic N) is 1. The van der Waals surface area contributed by atoms with E-state index in [2.05, 4.69) is 10.3 Å². The molecular weight excluding hydrogens is 352 g/mol. The summed E-state index contributed by atoms with van der Waals surface area (Å²) in [4.78, 5) is 28.2. The molecule has 0 bridgehead atoms. The molecule has 2 N–H and O–H groups in total. The lowest BCUT2D eigenvalue weighted by molar-refractivity contribution is -0.141. The van der Waals surface area contributed by atoms with E-state index in [-0.39, 0.29) is 24.3 Å². The Morgan fingerprint density at radius 3 is 2.58 bits per heavy atom. The van der Waals surface area contributed by atoms with Gasteiger partial charge in [0.15, 0.2) is 0 Å². The Hall–Kier alpha value is -2.41. The van der Waals surface area contributed by atoms with E-state index < -0.39 is 11.9 Å². The zero-order valence-electron chi connectivity index (χ0n) is 15.4. The van der Waals surface area contributed by atoms with Gasteiger partial charge in [0.2, 0.25) is 0 Å². The number of aromatic nitrogens is 1. The zero-order chi connectivity index (χ0) is 19.3. The van der Waals surface area contributed by atoms with Crippen molar-refractivity contribution in [1.82, 2.24) is 10.3 Å². The highest BCUT2D eigenvalue weighted by Gasteiger charge is 2.23. The lowest BCUT2D eigenvalue weighted by Gasteiger charge is -2.15. The third kappa shape index (κ3) is 5.05. The van der Waals surface area contributed by atoms with Crippen LogP contribution in [-0.4, -0.2) is 35.6 Å². The molecular formula is C19H24N2O4S. The van der Waals surface area contributed by atoms with Crippen LogP contribution in [0.15, 0.2) is 29.6 Å². The molecule has 1 atom stereocenters. The number of carbonyl (C=O) groups is 2. The molecule has 0 radical (unpaired) electrons. The van der Waals surface area contributed by atoms with Gasteiger partial charge >= 0.3 is 5.97 Å². The number of amides is 1. The van der Waals surface area contributed by atoms with Gasteiger partial charge in [-0.2, -0.15) is 0 Å². The van der Waals surface area contributed by atoms with Gasteiger partial charge in [0.1, 0.15) is 11.4 Å². The average Bonchev–Trinajstić information content (AvgIpc) is 3.09. The first-order valence-electron chi connectivity index (χ1n) is 8.31. The minimum Gasteiger partial charge on any atom is -0.496 e. The van der Waals surface area contributed by atoms with Crippen LogP contribution < -0.4 is 10.1 Å². The molecule has 1 unspecified atom stereocenters. The quantitative estimate of drug-likeness (QED) is 0.775. The van der Waals surface area contributed by atoms with Crippen LogP contribution in [0.25, 0.3) is 0 Å². The largest absolute Gasteiger partial charge is 0.496 e. The normalized spacial score (nSPS) is 12.5. The Kier molecular flexibility index (Phi) is 6.37. The molecule has 0 aliphatic carbocycles. The number of para-hydroxylation sites is 1. The summed E-state index contributed by atoms with van der Waals surface area (Å²) in [6.45, 7) is 6.11. The zero-order valence-corrected chi connectivity index (χ0v) is 16.2. The second-order valence-corrected chi connectivity index (χ2v) is 7.91. The van der Waals surface area contributed by atoms with Crippen LogP contribution in [0, 0.1) is 5.92 Å². The van der Waals surface area contributed by atoms with E-state index in [0.717, 1.165) is 10.6 Å². The van der Waals surface area contributed by atoms with Crippen molar-refractivity contribution >= 4 is 23.2 Å². The van der Waals surface area contributed by atoms with Gasteiger partial charge in [0, 0.05) is 17.3 Å². The van der Waals surface area contributed by atoms with E-state index in [1.165, 1.54) is 11.3 Å². The van der Waals surface area contributed by atoms with Crippen LogP contribution in [-0.2, 0) is 16.6 Å². The van der Waals surface area contributed by atoms with Crippen LogP contribution in [0.2, 0.25) is 0 Å². The summed E-state index contributed by atoms with van der Waals surface area (Å²) < 4.78 is 5.27. The van der Waals surface area contributed by atoms with Gasteiger partial charge in [-0.1, -0.05) is 39.0 Å². The summed E-state index contributed by atoms with van der Waals surface area (Å²) in [6, 6.07) is 7.27. The number of carbonyl (C=O) groups excluding carboxylic acids is 1. The maximum absolute atomic E-state index is 12.3. The van der Waals surface area contributed by atoms with E-state index in [0.29, 0.717) is 11.4 Å². The van der Waals surface area contributed by atoms with Crippen molar-refractivity contribution < 1.29 is 19.4 Å². The lowest BCUT2D eigenvalue weighted by atomic mass is 9.98. The molecule has 0 saturated heterocycles. The molecule has 140 valence electrons. The fourth-order valence-corrected chi connectivity index (χ4v) is 3.30. The molecule has 7 heteroatoms. The molecule has 1 amide bonds. The number of aliphatic carboxylic acids is 1. The summed E-state index contributed by atoms with van der Waals surface area (Å²) >= 11 is 1.43. The molecule has 2 rings (SSSR count). The maximum atomic E-state index is 12.3. The maximum Gasteiger partial charge on any atom is 0.308 e. The molecule has 0 aliphatic heterocycles. The van der Waals surface area contributed by atoms with E-state index >= 15 is 0 Å². The van der Waals surface area contributed by atoms with Gasteiger partial charge in [0.25, 0.3) is 5.91 Å². The molecule has 0 saturated carbocycles. The highest BCUT2D eigenvalue weighted by atomic mass is 32.1. The topological polar surface area (TPSA) is 88.5 Å². The smallest absolute Gasteiger partial charge is 0.308 e. The monoisotopic (exact) mass is 376 g/mol. The highest BCUT2D eigenvalue weighted by Crippen LogP contribution is 2.25. The molecule has 0 spiro atoms. The number of thiazole rings is 1. The first-order valence-corrected chi connectivity index (χ1v) is 9.19. The molecule has 1 aromatic carbocycles. The number of methoxy groups -OCH3 is 1. The van der Waals surface area contributed by atoms with Crippen LogP contribution >= 0.6 is 11.3 Å². The van der Waals surface area contributed by atoms with Gasteiger partial charge in [0.05, 0.1) is 18.0 Å². The van der Waals surface area contributed by atoms with Gasteiger partial charge in [-0.05, 0) is 18.1 Å². The number of rotatable bonds is 7. The van der Waals surface area contributed by atoms with Crippen LogP contribution in [0.4, 0.5) is 0 Å². The molecule has 1 aromatic heterocycles. The van der Waals surface area contributed by atoms with E-state index in [9.17, 15) is 14.7 Å². The summed E-state index contributed by atoms with van der Waals surface area (Å²) in [7, 11) is 1.55. The summed E-state index contributed by atoms with van der Waals surface area (Å²) in [5.41, 5.74) is 0.984. The van der Waals surface area contributed by atoms with Crippen molar-refractivity contribution in [1.29, 1.82) is 0 Å². The van der Waals surface area contributed by atoms with E-state index in [4.69, 9.17) is 4.74 Å². The van der Waals surface area contributed by atoms with Gasteiger partial charge in [-0.15, -0.1) is 11.3 Å². The first kappa shape index (κ1) is 19.9. The van der Waals surface area contributed by atoms with Gasteiger partial charge in [-0.3, -0.25) is 9.59 Å². The lowest BCUT2D eigenvalue weighted by Crippen LogP contribution is -2.34. The third-order valence-electron chi connectivity index (χ3n) is 3.90. The van der Waals surface area contributed by atoms with Gasteiger partial charge in [-0.25, -0.2) is 4.98 Å². The van der Waals surface area contributed by atoms with Crippen molar-refractivity contribution in [3.63, 3.8) is 0 Å². The molecule has 2 aromatic rings. The van der Waals surface area contributed by atoms with Crippen LogP contribution in [0.1, 0.15) is 41.8 Å². The Labute approximate surface area is 157 Å². The van der Waals surface area contributed by atoms with Crippen molar-refractivity contribution in [2.24, 2.45) is 5.92 Å². The van der Waals surface area contributed by atoms with E-state index in [1.54, 1.807) is 18.6 Å². The third-order valence-corrected chi connectivity index (χ3v) is 5.16. The van der Waals surface area contributed by atoms with Crippen molar-refractivity contribution in [3.8, 4) is 5.75 Å². The number of hydrogen-bond acceptors (Lipinski definition) is 5. The predicted molar refractivity (Wildman–Crippen MR) is 101 cm³/mol. The summed E-state index contributed by atoms with van der Waals surface area (Å²) in [6.07, 6.45) is 0.268. The van der Waals surface area contributed by atoms with Gasteiger partial charge < -0.3 is 15.2 Å². The average molecular weight is 376 g/mol. The molecule has 26 heavy (non-hydrogen) atoms. The number of benzene rings is 1. The fourth-order valence-electron chi connectivity index (χ4n) is 2.41. The fraction of sp³-hybridized carbons (Fsp3) is 0.421. The number of ether oxygens (including phenoxy) is 1. The first-order chi connectivity index (χ1) is 12.2.